The molecule has 2 aliphatic rings. The van der Waals surface area contributed by atoms with Gasteiger partial charge < -0.3 is 14.5 Å². The van der Waals surface area contributed by atoms with Crippen LogP contribution < -0.4 is 0 Å². The van der Waals surface area contributed by atoms with Crippen molar-refractivity contribution in [2.45, 2.75) is 56.6 Å². The number of alkyl halides is 6. The Kier molecular flexibility index (Phi) is 5.88. The van der Waals surface area contributed by atoms with Crippen LogP contribution in [0.1, 0.15) is 41.7 Å². The molecule has 1 spiro atoms. The molecule has 2 fully saturated rings. The second-order valence-corrected chi connectivity index (χ2v) is 8.47. The van der Waals surface area contributed by atoms with Crippen molar-refractivity contribution in [3.63, 3.8) is 0 Å². The number of amides is 2. The molecule has 2 amide bonds. The Bertz CT molecular complexity index is 1080. The van der Waals surface area contributed by atoms with Crippen LogP contribution in [0.4, 0.5) is 31.1 Å². The highest BCUT2D eigenvalue weighted by Gasteiger charge is 2.60. The number of carbonyl (C=O) groups is 2. The van der Waals surface area contributed by atoms with Crippen molar-refractivity contribution in [2.75, 3.05) is 19.6 Å². The van der Waals surface area contributed by atoms with E-state index in [2.05, 4.69) is 14.8 Å². The normalized spacial score (nSPS) is 18.8. The Morgan fingerprint density at radius 3 is 2.32 bits per heavy atom. The van der Waals surface area contributed by atoms with Gasteiger partial charge in [0.05, 0.1) is 5.69 Å². The van der Waals surface area contributed by atoms with Crippen LogP contribution in [0.3, 0.4) is 0 Å². The molecule has 0 saturated carbocycles. The first-order valence-electron chi connectivity index (χ1n) is 10.5. The van der Waals surface area contributed by atoms with Crippen molar-refractivity contribution >= 4 is 17.6 Å². The van der Waals surface area contributed by atoms with Crippen LogP contribution in [-0.4, -0.2) is 80.0 Å². The molecule has 186 valence electrons. The summed E-state index contributed by atoms with van der Waals surface area (Å²) in [5.74, 6) is -0.297. The molecule has 2 aliphatic heterocycles. The lowest BCUT2D eigenvalue weighted by Gasteiger charge is -2.44. The third-order valence-electron chi connectivity index (χ3n) is 6.39. The number of ether oxygens (including phenoxy) is 1. The molecule has 2 saturated heterocycles. The number of carbonyl (C=O) groups excluding carboxylic acids is 2. The second kappa shape index (κ2) is 8.31. The largest absolute Gasteiger partial charge is 0.434 e. The van der Waals surface area contributed by atoms with Gasteiger partial charge in [0.15, 0.2) is 5.65 Å². The average molecular weight is 493 g/mol. The zero-order chi connectivity index (χ0) is 24.9. The smallest absolute Gasteiger partial charge is 0.426 e. The minimum atomic E-state index is -5.78. The van der Waals surface area contributed by atoms with Gasteiger partial charge in [-0.05, 0) is 38.7 Å². The van der Waals surface area contributed by atoms with Crippen LogP contribution in [0.15, 0.2) is 18.5 Å². The summed E-state index contributed by atoms with van der Waals surface area (Å²) in [6, 6.07) is 1.67. The van der Waals surface area contributed by atoms with Gasteiger partial charge in [-0.2, -0.15) is 31.4 Å². The van der Waals surface area contributed by atoms with E-state index in [-0.39, 0.29) is 31.8 Å². The maximum Gasteiger partial charge on any atom is 0.434 e. The third kappa shape index (κ3) is 4.25. The summed E-state index contributed by atoms with van der Waals surface area (Å²) < 4.78 is 81.7. The van der Waals surface area contributed by atoms with Gasteiger partial charge >= 0.3 is 18.4 Å². The fourth-order valence-corrected chi connectivity index (χ4v) is 4.76. The standard InChI is InChI=1S/C20H21F6N5O3/c1-12-13(14-27-7-3-9-31(14)28-12)15(32)30-8-2-4-18(30)5-10-29(11-6-18)17(33)34-16(19(21,22)23)20(24,25)26/h3,7,9,16H,2,4-6,8,10-11H2,1H3. The molecule has 4 rings (SSSR count). The van der Waals surface area contributed by atoms with Crippen LogP contribution in [-0.2, 0) is 4.74 Å². The van der Waals surface area contributed by atoms with Crippen molar-refractivity contribution in [1.82, 2.24) is 24.4 Å². The average Bonchev–Trinajstić information content (AvgIpc) is 3.30. The monoisotopic (exact) mass is 493 g/mol. The Morgan fingerprint density at radius 2 is 1.71 bits per heavy atom. The number of rotatable bonds is 2. The van der Waals surface area contributed by atoms with E-state index in [0.717, 1.165) is 4.90 Å². The maximum atomic E-state index is 13.5. The van der Waals surface area contributed by atoms with Gasteiger partial charge in [0.2, 0.25) is 0 Å². The molecule has 0 N–H and O–H groups in total. The van der Waals surface area contributed by atoms with Gasteiger partial charge in [-0.15, -0.1) is 0 Å². The minimum Gasteiger partial charge on any atom is -0.426 e. The van der Waals surface area contributed by atoms with Gasteiger partial charge in [-0.25, -0.2) is 14.3 Å². The summed E-state index contributed by atoms with van der Waals surface area (Å²) in [7, 11) is 0. The molecule has 0 unspecified atom stereocenters. The van der Waals surface area contributed by atoms with Crippen molar-refractivity contribution in [1.29, 1.82) is 0 Å². The summed E-state index contributed by atoms with van der Waals surface area (Å²) >= 11 is 0. The molecule has 4 heterocycles. The highest BCUT2D eigenvalue weighted by Crippen LogP contribution is 2.41. The molecule has 8 nitrogen and oxygen atoms in total. The number of piperidine rings is 1. The first-order valence-corrected chi connectivity index (χ1v) is 10.5. The highest BCUT2D eigenvalue weighted by molar-refractivity contribution is 6.01. The Morgan fingerprint density at radius 1 is 1.06 bits per heavy atom. The van der Waals surface area contributed by atoms with E-state index in [1.807, 2.05) is 0 Å². The molecular weight excluding hydrogens is 472 g/mol. The second-order valence-electron chi connectivity index (χ2n) is 8.47. The molecule has 2 aromatic heterocycles. The number of likely N-dealkylation sites (tertiary alicyclic amines) is 2. The van der Waals surface area contributed by atoms with Crippen molar-refractivity contribution in [2.24, 2.45) is 0 Å². The van der Waals surface area contributed by atoms with E-state index in [1.165, 1.54) is 10.7 Å². The van der Waals surface area contributed by atoms with Gasteiger partial charge in [0.25, 0.3) is 12.0 Å². The molecule has 0 aliphatic carbocycles. The lowest BCUT2D eigenvalue weighted by Crippen LogP contribution is -2.56. The number of aryl methyl sites for hydroxylation is 1. The topological polar surface area (TPSA) is 80.0 Å². The number of aromatic nitrogens is 3. The molecule has 0 bridgehead atoms. The molecule has 2 aromatic rings. The molecular formula is C20H21F6N5O3. The third-order valence-corrected chi connectivity index (χ3v) is 6.39. The molecule has 34 heavy (non-hydrogen) atoms. The first kappa shape index (κ1) is 24.1. The predicted octanol–water partition coefficient (Wildman–Crippen LogP) is 3.74. The number of halogens is 6. The summed E-state index contributed by atoms with van der Waals surface area (Å²) in [6.07, 6.45) is -12.6. The number of hydrogen-bond donors (Lipinski definition) is 0. The number of fused-ring (bicyclic) bond motifs is 1. The fourth-order valence-electron chi connectivity index (χ4n) is 4.76. The summed E-state index contributed by atoms with van der Waals surface area (Å²) in [4.78, 5) is 32.3. The van der Waals surface area contributed by atoms with Crippen molar-refractivity contribution in [3.8, 4) is 0 Å². The lowest BCUT2D eigenvalue weighted by atomic mass is 9.84. The van der Waals surface area contributed by atoms with Crippen LogP contribution >= 0.6 is 0 Å². The summed E-state index contributed by atoms with van der Waals surface area (Å²) in [5.41, 5.74) is 0.536. The van der Waals surface area contributed by atoms with Crippen molar-refractivity contribution < 1.29 is 40.7 Å². The van der Waals surface area contributed by atoms with E-state index < -0.39 is 30.1 Å². The number of hydrogen-bond acceptors (Lipinski definition) is 5. The minimum absolute atomic E-state index is 0.142. The van der Waals surface area contributed by atoms with Crippen LogP contribution in [0.5, 0.6) is 0 Å². The first-order chi connectivity index (χ1) is 15.8. The van der Waals surface area contributed by atoms with E-state index in [9.17, 15) is 35.9 Å². The summed E-state index contributed by atoms with van der Waals surface area (Å²) in [6.45, 7) is 1.83. The maximum absolute atomic E-state index is 13.5. The van der Waals surface area contributed by atoms with E-state index in [4.69, 9.17) is 0 Å². The molecule has 14 heteroatoms. The van der Waals surface area contributed by atoms with Gasteiger partial charge in [0, 0.05) is 37.6 Å². The van der Waals surface area contributed by atoms with E-state index in [0.29, 0.717) is 36.3 Å². The molecule has 0 radical (unpaired) electrons. The Balaban J connectivity index is 1.48. The zero-order valence-corrected chi connectivity index (χ0v) is 18.0. The fraction of sp³-hybridized carbons (Fsp3) is 0.600. The van der Waals surface area contributed by atoms with Crippen LogP contribution in [0, 0.1) is 6.92 Å². The number of nitrogens with zero attached hydrogens (tertiary/aromatic N) is 5. The SMILES string of the molecule is Cc1nn2cccnc2c1C(=O)N1CCCC12CCN(C(=O)OC(C(F)(F)F)C(F)(F)F)CC2. The van der Waals surface area contributed by atoms with E-state index in [1.54, 1.807) is 24.1 Å². The lowest BCUT2D eigenvalue weighted by molar-refractivity contribution is -0.308. The predicted molar refractivity (Wildman–Crippen MR) is 104 cm³/mol. The van der Waals surface area contributed by atoms with Crippen molar-refractivity contribution in [3.05, 3.63) is 29.7 Å². The molecule has 0 atom stereocenters. The Hall–Kier alpha value is -3.06. The van der Waals surface area contributed by atoms with Crippen LogP contribution in [0.25, 0.3) is 5.65 Å². The Labute approximate surface area is 189 Å². The van der Waals surface area contributed by atoms with Gasteiger partial charge in [-0.3, -0.25) is 4.79 Å². The zero-order valence-electron chi connectivity index (χ0n) is 18.0. The van der Waals surface area contributed by atoms with E-state index >= 15 is 0 Å². The van der Waals surface area contributed by atoms with Gasteiger partial charge in [-0.1, -0.05) is 0 Å². The van der Waals surface area contributed by atoms with Gasteiger partial charge in [0.1, 0.15) is 5.56 Å². The van der Waals surface area contributed by atoms with Crippen LogP contribution in [0.2, 0.25) is 0 Å². The summed E-state index contributed by atoms with van der Waals surface area (Å²) in [5, 5.41) is 4.29. The highest BCUT2D eigenvalue weighted by atomic mass is 19.4. The molecule has 0 aromatic carbocycles. The quantitative estimate of drug-likeness (QED) is 0.596.